The number of nitrogens with one attached hydrogen (secondary N) is 1. The Morgan fingerprint density at radius 1 is 1.11 bits per heavy atom. The minimum atomic E-state index is -3.73. The number of carbonyl (C=O) groups excluding carboxylic acids is 1. The van der Waals surface area contributed by atoms with Gasteiger partial charge in [-0.1, -0.05) is 60.5 Å². The lowest BCUT2D eigenvalue weighted by Crippen LogP contribution is -2.49. The predicted molar refractivity (Wildman–Crippen MR) is 111 cm³/mol. The van der Waals surface area contributed by atoms with Crippen LogP contribution >= 0.6 is 23.2 Å². The lowest BCUT2D eigenvalue weighted by Gasteiger charge is -2.31. The molecule has 0 aromatic heterocycles. The zero-order chi connectivity index (χ0) is 20.2. The Hall–Kier alpha value is -1.76. The highest BCUT2D eigenvalue weighted by molar-refractivity contribution is 7.92. The molecular weight excluding hydrogens is 407 g/mol. The summed E-state index contributed by atoms with van der Waals surface area (Å²) >= 11 is 12.0. The number of rotatable bonds is 7. The molecular formula is C19H22Cl2N2O3S. The van der Waals surface area contributed by atoms with Crippen molar-refractivity contribution >= 4 is 44.8 Å². The molecule has 1 amide bonds. The maximum atomic E-state index is 12.9. The van der Waals surface area contributed by atoms with E-state index in [1.807, 2.05) is 37.3 Å². The van der Waals surface area contributed by atoms with Crippen LogP contribution in [0.4, 0.5) is 5.69 Å². The first-order valence-corrected chi connectivity index (χ1v) is 11.0. The fourth-order valence-corrected chi connectivity index (χ4v) is 4.31. The number of nitrogens with zero attached hydrogens (tertiary/aromatic N) is 1. The summed E-state index contributed by atoms with van der Waals surface area (Å²) in [5, 5.41) is 3.42. The molecule has 0 radical (unpaired) electrons. The average molecular weight is 429 g/mol. The normalized spacial score (nSPS) is 13.7. The third kappa shape index (κ3) is 5.37. The molecule has 0 heterocycles. The van der Waals surface area contributed by atoms with Gasteiger partial charge < -0.3 is 5.32 Å². The Labute approximate surface area is 170 Å². The van der Waals surface area contributed by atoms with Crippen molar-refractivity contribution in [2.45, 2.75) is 32.4 Å². The standard InChI is InChI=1S/C19H22Cl2N2O3S/c1-4-18(19(24)22-13(2)14-8-6-5-7-9-14)23(27(3,25)26)15-10-11-16(20)17(21)12-15/h5-13,18H,4H2,1-3H3,(H,22,24)/t13-,18?/m1/s1. The van der Waals surface area contributed by atoms with Gasteiger partial charge in [-0.3, -0.25) is 9.10 Å². The second-order valence-corrected chi connectivity index (χ2v) is 8.90. The van der Waals surface area contributed by atoms with Crippen molar-refractivity contribution in [3.63, 3.8) is 0 Å². The van der Waals surface area contributed by atoms with Gasteiger partial charge in [0.1, 0.15) is 6.04 Å². The highest BCUT2D eigenvalue weighted by Gasteiger charge is 2.32. The van der Waals surface area contributed by atoms with Crippen LogP contribution < -0.4 is 9.62 Å². The first kappa shape index (κ1) is 21.5. The van der Waals surface area contributed by atoms with Crippen LogP contribution in [0.15, 0.2) is 48.5 Å². The molecule has 2 aromatic rings. The van der Waals surface area contributed by atoms with Crippen LogP contribution in [-0.2, 0) is 14.8 Å². The number of hydrogen-bond acceptors (Lipinski definition) is 3. The van der Waals surface area contributed by atoms with Gasteiger partial charge in [-0.05, 0) is 37.1 Å². The highest BCUT2D eigenvalue weighted by atomic mass is 35.5. The molecule has 1 unspecified atom stereocenters. The van der Waals surface area contributed by atoms with Gasteiger partial charge in [0.25, 0.3) is 0 Å². The molecule has 0 saturated heterocycles. The summed E-state index contributed by atoms with van der Waals surface area (Å²) in [6.07, 6.45) is 1.35. The SMILES string of the molecule is CCC(C(=O)N[C@H](C)c1ccccc1)N(c1ccc(Cl)c(Cl)c1)S(C)(=O)=O. The van der Waals surface area contributed by atoms with Crippen molar-refractivity contribution in [1.82, 2.24) is 5.32 Å². The summed E-state index contributed by atoms with van der Waals surface area (Å²) in [7, 11) is -3.73. The van der Waals surface area contributed by atoms with Gasteiger partial charge in [-0.2, -0.15) is 0 Å². The molecule has 0 bridgehead atoms. The molecule has 5 nitrogen and oxygen atoms in total. The smallest absolute Gasteiger partial charge is 0.244 e. The zero-order valence-electron chi connectivity index (χ0n) is 15.3. The van der Waals surface area contributed by atoms with E-state index in [2.05, 4.69) is 5.32 Å². The van der Waals surface area contributed by atoms with E-state index in [1.54, 1.807) is 6.92 Å². The number of halogens is 2. The van der Waals surface area contributed by atoms with Gasteiger partial charge >= 0.3 is 0 Å². The molecule has 8 heteroatoms. The van der Waals surface area contributed by atoms with Crippen molar-refractivity contribution in [2.24, 2.45) is 0 Å². The van der Waals surface area contributed by atoms with Crippen LogP contribution in [0.2, 0.25) is 10.0 Å². The quantitative estimate of drug-likeness (QED) is 0.709. The minimum absolute atomic E-state index is 0.218. The molecule has 0 saturated carbocycles. The number of sulfonamides is 1. The second kappa shape index (κ2) is 8.95. The van der Waals surface area contributed by atoms with Crippen molar-refractivity contribution in [1.29, 1.82) is 0 Å². The minimum Gasteiger partial charge on any atom is -0.348 e. The summed E-state index contributed by atoms with van der Waals surface area (Å²) in [5.41, 5.74) is 1.22. The van der Waals surface area contributed by atoms with E-state index >= 15 is 0 Å². The second-order valence-electron chi connectivity index (χ2n) is 6.22. The first-order chi connectivity index (χ1) is 12.6. The third-order valence-corrected chi connectivity index (χ3v) is 6.06. The summed E-state index contributed by atoms with van der Waals surface area (Å²) in [4.78, 5) is 12.9. The van der Waals surface area contributed by atoms with Crippen LogP contribution in [0.3, 0.4) is 0 Å². The summed E-state index contributed by atoms with van der Waals surface area (Å²) in [6.45, 7) is 3.61. The first-order valence-electron chi connectivity index (χ1n) is 8.45. The van der Waals surface area contributed by atoms with Gasteiger partial charge in [0.15, 0.2) is 0 Å². The maximum Gasteiger partial charge on any atom is 0.244 e. The fraction of sp³-hybridized carbons (Fsp3) is 0.316. The highest BCUT2D eigenvalue weighted by Crippen LogP contribution is 2.30. The molecule has 0 aliphatic rings. The fourth-order valence-electron chi connectivity index (χ4n) is 2.82. The Morgan fingerprint density at radius 3 is 2.26 bits per heavy atom. The van der Waals surface area contributed by atoms with E-state index < -0.39 is 16.1 Å². The van der Waals surface area contributed by atoms with Crippen LogP contribution in [0.5, 0.6) is 0 Å². The Bertz CT molecular complexity index is 904. The summed E-state index contributed by atoms with van der Waals surface area (Å²) in [6, 6.07) is 12.8. The van der Waals surface area contributed by atoms with Gasteiger partial charge in [0.2, 0.25) is 15.9 Å². The van der Waals surface area contributed by atoms with Crippen molar-refractivity contribution < 1.29 is 13.2 Å². The molecule has 0 aliphatic heterocycles. The van der Waals surface area contributed by atoms with Gasteiger partial charge in [0, 0.05) is 0 Å². The number of anilines is 1. The Balaban J connectivity index is 2.34. The third-order valence-electron chi connectivity index (χ3n) is 4.15. The van der Waals surface area contributed by atoms with Crippen LogP contribution in [0.25, 0.3) is 0 Å². The lowest BCUT2D eigenvalue weighted by atomic mass is 10.1. The lowest BCUT2D eigenvalue weighted by molar-refractivity contribution is -0.122. The average Bonchev–Trinajstić information content (AvgIpc) is 2.61. The largest absolute Gasteiger partial charge is 0.348 e. The van der Waals surface area contributed by atoms with Gasteiger partial charge in [0.05, 0.1) is 28.0 Å². The molecule has 2 atom stereocenters. The Kier molecular flexibility index (Phi) is 7.14. The van der Waals surface area contributed by atoms with Crippen molar-refractivity contribution in [3.8, 4) is 0 Å². The molecule has 1 N–H and O–H groups in total. The molecule has 0 spiro atoms. The van der Waals surface area contributed by atoms with Gasteiger partial charge in [-0.15, -0.1) is 0 Å². The summed E-state index contributed by atoms with van der Waals surface area (Å²) in [5.74, 6) is -0.384. The van der Waals surface area contributed by atoms with E-state index in [1.165, 1.54) is 18.2 Å². The van der Waals surface area contributed by atoms with Gasteiger partial charge in [-0.25, -0.2) is 8.42 Å². The van der Waals surface area contributed by atoms with Crippen LogP contribution in [0, 0.1) is 0 Å². The molecule has 2 aromatic carbocycles. The number of benzene rings is 2. The topological polar surface area (TPSA) is 66.5 Å². The van der Waals surface area contributed by atoms with Crippen LogP contribution in [0.1, 0.15) is 31.9 Å². The molecule has 27 heavy (non-hydrogen) atoms. The maximum absolute atomic E-state index is 12.9. The van der Waals surface area contributed by atoms with E-state index in [-0.39, 0.29) is 17.0 Å². The predicted octanol–water partition coefficient (Wildman–Crippen LogP) is 4.42. The Morgan fingerprint density at radius 2 is 1.74 bits per heavy atom. The van der Waals surface area contributed by atoms with Crippen molar-refractivity contribution in [3.05, 3.63) is 64.1 Å². The van der Waals surface area contributed by atoms with E-state index in [0.717, 1.165) is 16.1 Å². The van der Waals surface area contributed by atoms with E-state index in [4.69, 9.17) is 23.2 Å². The zero-order valence-corrected chi connectivity index (χ0v) is 17.6. The summed E-state index contributed by atoms with van der Waals surface area (Å²) < 4.78 is 26.0. The molecule has 0 fully saturated rings. The molecule has 0 aliphatic carbocycles. The number of carbonyl (C=O) groups is 1. The van der Waals surface area contributed by atoms with Crippen LogP contribution in [-0.4, -0.2) is 26.6 Å². The molecule has 146 valence electrons. The van der Waals surface area contributed by atoms with E-state index in [0.29, 0.717) is 17.1 Å². The van der Waals surface area contributed by atoms with Crippen molar-refractivity contribution in [2.75, 3.05) is 10.6 Å². The number of amides is 1. The van der Waals surface area contributed by atoms with E-state index in [9.17, 15) is 13.2 Å². The molecule has 2 rings (SSSR count). The monoisotopic (exact) mass is 428 g/mol. The number of hydrogen-bond donors (Lipinski definition) is 1.